The van der Waals surface area contributed by atoms with Gasteiger partial charge >= 0.3 is 0 Å². The lowest BCUT2D eigenvalue weighted by Crippen LogP contribution is -2.27. The molecule has 0 spiro atoms. The largest absolute Gasteiger partial charge is 0.493 e. The number of benzene rings is 2. The molecule has 1 atom stereocenters. The lowest BCUT2D eigenvalue weighted by molar-refractivity contribution is 0.174. The second-order valence-corrected chi connectivity index (χ2v) is 7.57. The second-order valence-electron chi connectivity index (χ2n) is 7.57. The summed E-state index contributed by atoms with van der Waals surface area (Å²) < 4.78 is 23.8. The highest BCUT2D eigenvalue weighted by molar-refractivity contribution is 6.10. The predicted molar refractivity (Wildman–Crippen MR) is 118 cm³/mol. The van der Waals surface area contributed by atoms with Gasteiger partial charge in [0.2, 0.25) is 6.79 Å². The van der Waals surface area contributed by atoms with Crippen molar-refractivity contribution >= 4 is 16.3 Å². The Bertz CT molecular complexity index is 1330. The molecule has 0 saturated heterocycles. The summed E-state index contributed by atoms with van der Waals surface area (Å²) in [5.41, 5.74) is 16.3. The number of aromatic nitrogens is 1. The molecule has 1 aromatic heterocycles. The third kappa shape index (κ3) is 2.72. The van der Waals surface area contributed by atoms with Gasteiger partial charge in [-0.15, -0.1) is 0 Å². The van der Waals surface area contributed by atoms with Crippen LogP contribution in [-0.2, 0) is 7.05 Å². The monoisotopic (exact) mass is 421 g/mol. The Balaban J connectivity index is 1.94. The first-order valence-electron chi connectivity index (χ1n) is 9.89. The van der Waals surface area contributed by atoms with Crippen molar-refractivity contribution in [3.63, 3.8) is 0 Å². The Hall–Kier alpha value is -3.49. The molecule has 1 aliphatic carbocycles. The molecule has 31 heavy (non-hydrogen) atoms. The molecule has 0 amide bonds. The lowest BCUT2D eigenvalue weighted by Gasteiger charge is -2.15. The number of methoxy groups -OCH3 is 2. The van der Waals surface area contributed by atoms with E-state index in [1.165, 1.54) is 0 Å². The van der Waals surface area contributed by atoms with Crippen LogP contribution in [0.2, 0.25) is 0 Å². The Kier molecular flexibility index (Phi) is 4.42. The first kappa shape index (κ1) is 19.5. The lowest BCUT2D eigenvalue weighted by atomic mass is 9.97. The smallest absolute Gasteiger partial charge is 0.258 e. The van der Waals surface area contributed by atoms with Gasteiger partial charge in [-0.2, -0.15) is 0 Å². The molecule has 160 valence electrons. The van der Waals surface area contributed by atoms with E-state index in [1.807, 2.05) is 24.3 Å². The highest BCUT2D eigenvalue weighted by atomic mass is 16.7. The van der Waals surface area contributed by atoms with Crippen LogP contribution in [0.15, 0.2) is 35.1 Å². The number of rotatable bonds is 4. The molecule has 8 heteroatoms. The number of nitrogens with two attached hydrogens (primary N) is 2. The van der Waals surface area contributed by atoms with Crippen LogP contribution in [-0.4, -0.2) is 38.2 Å². The van der Waals surface area contributed by atoms with Gasteiger partial charge in [0.25, 0.3) is 5.56 Å². The van der Waals surface area contributed by atoms with Gasteiger partial charge in [-0.05, 0) is 35.4 Å². The summed E-state index contributed by atoms with van der Waals surface area (Å²) in [6, 6.07) is 7.04. The zero-order valence-electron chi connectivity index (χ0n) is 17.5. The van der Waals surface area contributed by atoms with Crippen LogP contribution in [0.3, 0.4) is 0 Å². The first-order chi connectivity index (χ1) is 15.0. The fourth-order valence-corrected chi connectivity index (χ4v) is 4.38. The summed E-state index contributed by atoms with van der Waals surface area (Å²) in [7, 11) is 4.88. The van der Waals surface area contributed by atoms with Crippen molar-refractivity contribution in [2.75, 3.05) is 27.6 Å². The second kappa shape index (κ2) is 7.04. The molecule has 3 aromatic rings. The zero-order chi connectivity index (χ0) is 21.9. The molecule has 8 nitrogen and oxygen atoms in total. The molecular weight excluding hydrogens is 398 g/mol. The number of hydrogen-bond donors (Lipinski definition) is 2. The van der Waals surface area contributed by atoms with Gasteiger partial charge in [-0.1, -0.05) is 6.08 Å². The Morgan fingerprint density at radius 1 is 1.06 bits per heavy atom. The van der Waals surface area contributed by atoms with Crippen LogP contribution in [0, 0.1) is 0 Å². The number of nitrogens with zero attached hydrogens (tertiary/aromatic N) is 1. The van der Waals surface area contributed by atoms with E-state index in [0.29, 0.717) is 34.9 Å². The maximum Gasteiger partial charge on any atom is 0.258 e. The van der Waals surface area contributed by atoms with Crippen molar-refractivity contribution in [2.24, 2.45) is 18.5 Å². The van der Waals surface area contributed by atoms with E-state index in [0.717, 1.165) is 33.3 Å². The Labute approximate surface area is 178 Å². The van der Waals surface area contributed by atoms with Gasteiger partial charge in [-0.3, -0.25) is 4.79 Å². The minimum absolute atomic E-state index is 0.136. The molecule has 5 rings (SSSR count). The molecule has 4 N–H and O–H groups in total. The van der Waals surface area contributed by atoms with Gasteiger partial charge in [0.15, 0.2) is 23.0 Å². The van der Waals surface area contributed by atoms with E-state index in [1.54, 1.807) is 31.9 Å². The summed E-state index contributed by atoms with van der Waals surface area (Å²) in [5.74, 6) is 2.34. The molecule has 2 heterocycles. The number of ether oxygens (including phenoxy) is 4. The van der Waals surface area contributed by atoms with Crippen molar-refractivity contribution < 1.29 is 18.9 Å². The molecule has 0 saturated carbocycles. The van der Waals surface area contributed by atoms with Crippen LogP contribution in [0.5, 0.6) is 23.0 Å². The van der Waals surface area contributed by atoms with Crippen molar-refractivity contribution in [1.29, 1.82) is 0 Å². The summed E-state index contributed by atoms with van der Waals surface area (Å²) in [4.78, 5) is 13.3. The minimum Gasteiger partial charge on any atom is -0.493 e. The number of hydrogen-bond acceptors (Lipinski definition) is 7. The highest BCUT2D eigenvalue weighted by Gasteiger charge is 2.33. The standard InChI is InChI=1S/C23H23N3O5/c1-26-22-15-7-20-19(30-10-31-20)5-12(15)13(4-11(25)9-24)21(22)14-6-17(28-2)18(29-3)8-16(14)23(26)27/h4-8,11H,9-10,24-25H2,1-3H3/b13-4+. The molecule has 2 aromatic carbocycles. The molecule has 0 radical (unpaired) electrons. The summed E-state index contributed by atoms with van der Waals surface area (Å²) in [5, 5.41) is 1.28. The molecule has 0 bridgehead atoms. The fraction of sp³-hybridized carbons (Fsp3) is 0.261. The van der Waals surface area contributed by atoms with E-state index in [4.69, 9.17) is 30.4 Å². The Morgan fingerprint density at radius 3 is 2.29 bits per heavy atom. The number of fused-ring (bicyclic) bond motifs is 6. The van der Waals surface area contributed by atoms with E-state index < -0.39 is 0 Å². The van der Waals surface area contributed by atoms with Crippen LogP contribution in [0.1, 0.15) is 11.1 Å². The van der Waals surface area contributed by atoms with Crippen LogP contribution >= 0.6 is 0 Å². The van der Waals surface area contributed by atoms with Gasteiger partial charge in [0.1, 0.15) is 0 Å². The first-order valence-corrected chi connectivity index (χ1v) is 9.89. The number of pyridine rings is 1. The van der Waals surface area contributed by atoms with Crippen molar-refractivity contribution in [2.45, 2.75) is 6.04 Å². The fourth-order valence-electron chi connectivity index (χ4n) is 4.38. The average molecular weight is 421 g/mol. The third-order valence-corrected chi connectivity index (χ3v) is 5.88. The van der Waals surface area contributed by atoms with Crippen molar-refractivity contribution in [3.05, 3.63) is 51.8 Å². The zero-order valence-corrected chi connectivity index (χ0v) is 17.5. The minimum atomic E-state index is -0.355. The van der Waals surface area contributed by atoms with E-state index in [2.05, 4.69) is 0 Å². The molecule has 0 fully saturated rings. The average Bonchev–Trinajstić information content (AvgIpc) is 3.37. The van der Waals surface area contributed by atoms with Crippen LogP contribution in [0.25, 0.3) is 27.6 Å². The van der Waals surface area contributed by atoms with Gasteiger partial charge in [0, 0.05) is 36.1 Å². The Morgan fingerprint density at radius 2 is 1.68 bits per heavy atom. The molecule has 1 aliphatic heterocycles. The predicted octanol–water partition coefficient (Wildman–Crippen LogP) is 1.98. The highest BCUT2D eigenvalue weighted by Crippen LogP contribution is 2.51. The molecule has 1 unspecified atom stereocenters. The van der Waals surface area contributed by atoms with Crippen LogP contribution in [0.4, 0.5) is 0 Å². The van der Waals surface area contributed by atoms with E-state index in [9.17, 15) is 4.79 Å². The van der Waals surface area contributed by atoms with Gasteiger partial charge in [0.05, 0.1) is 25.3 Å². The van der Waals surface area contributed by atoms with Gasteiger partial charge in [-0.25, -0.2) is 0 Å². The normalized spacial score (nSPS) is 15.8. The molecule has 2 aliphatic rings. The molecular formula is C23H23N3O5. The SMILES string of the molecule is COc1cc2c3c(n(C)c(=O)c2cc1OC)-c1cc2c(cc1/C3=C\C(N)CN)OCO2. The summed E-state index contributed by atoms with van der Waals surface area (Å²) in [6.45, 7) is 0.458. The van der Waals surface area contributed by atoms with Crippen LogP contribution < -0.4 is 36.0 Å². The maximum atomic E-state index is 13.3. The summed E-state index contributed by atoms with van der Waals surface area (Å²) in [6.07, 6.45) is 1.94. The maximum absolute atomic E-state index is 13.3. The van der Waals surface area contributed by atoms with Crippen molar-refractivity contribution in [3.8, 4) is 34.3 Å². The third-order valence-electron chi connectivity index (χ3n) is 5.88. The van der Waals surface area contributed by atoms with Gasteiger partial charge < -0.3 is 35.0 Å². The van der Waals surface area contributed by atoms with E-state index in [-0.39, 0.29) is 18.4 Å². The topological polar surface area (TPSA) is 111 Å². The quantitative estimate of drug-likeness (QED) is 0.518. The van der Waals surface area contributed by atoms with E-state index >= 15 is 0 Å². The van der Waals surface area contributed by atoms with Crippen molar-refractivity contribution in [1.82, 2.24) is 4.57 Å². The summed E-state index contributed by atoms with van der Waals surface area (Å²) >= 11 is 0.